The van der Waals surface area contributed by atoms with E-state index in [1.807, 2.05) is 6.07 Å². The lowest BCUT2D eigenvalue weighted by atomic mass is 9.87. The van der Waals surface area contributed by atoms with Gasteiger partial charge in [0.1, 0.15) is 0 Å². The Hall–Kier alpha value is -1.51. The van der Waals surface area contributed by atoms with Crippen molar-refractivity contribution in [3.63, 3.8) is 0 Å². The average molecular weight is 243 g/mol. The molecule has 1 saturated carbocycles. The minimum absolute atomic E-state index is 0.594. The van der Waals surface area contributed by atoms with Crippen LogP contribution in [0.2, 0.25) is 0 Å². The average Bonchev–Trinajstić information content (AvgIpc) is 2.70. The molecule has 3 rings (SSSR count). The molecule has 1 aromatic heterocycles. The Balaban J connectivity index is 1.80. The summed E-state index contributed by atoms with van der Waals surface area (Å²) in [6, 6.07) is 8.90. The number of fused-ring (bicyclic) bond motifs is 1. The van der Waals surface area contributed by atoms with Crippen molar-refractivity contribution in [1.29, 1.82) is 0 Å². The van der Waals surface area contributed by atoms with Crippen LogP contribution in [0.15, 0.2) is 24.3 Å². The molecule has 1 aromatic carbocycles. The summed E-state index contributed by atoms with van der Waals surface area (Å²) < 4.78 is 2.16. The highest BCUT2D eigenvalue weighted by atomic mass is 15.2. The molecule has 0 aliphatic heterocycles. The van der Waals surface area contributed by atoms with Gasteiger partial charge >= 0.3 is 0 Å². The van der Waals surface area contributed by atoms with E-state index in [4.69, 9.17) is 0 Å². The second kappa shape index (κ2) is 4.63. The highest BCUT2D eigenvalue weighted by molar-refractivity contribution is 5.78. The van der Waals surface area contributed by atoms with E-state index in [2.05, 4.69) is 47.0 Å². The molecule has 18 heavy (non-hydrogen) atoms. The van der Waals surface area contributed by atoms with Crippen LogP contribution in [-0.4, -0.2) is 15.6 Å². The van der Waals surface area contributed by atoms with Crippen LogP contribution < -0.4 is 5.32 Å². The molecule has 3 nitrogen and oxygen atoms in total. The predicted molar refractivity (Wildman–Crippen MR) is 75.8 cm³/mol. The van der Waals surface area contributed by atoms with E-state index in [0.717, 1.165) is 17.4 Å². The second-order valence-corrected chi connectivity index (χ2v) is 5.58. The molecule has 0 saturated heterocycles. The van der Waals surface area contributed by atoms with E-state index in [1.54, 1.807) is 0 Å². The third-order valence-electron chi connectivity index (χ3n) is 4.14. The zero-order chi connectivity index (χ0) is 12.5. The second-order valence-electron chi connectivity index (χ2n) is 5.58. The molecule has 1 aliphatic rings. The molecule has 0 unspecified atom stereocenters. The van der Waals surface area contributed by atoms with Crippen LogP contribution in [-0.2, 0) is 7.05 Å². The Kier molecular flexibility index (Phi) is 2.98. The van der Waals surface area contributed by atoms with Crippen molar-refractivity contribution in [1.82, 2.24) is 9.55 Å². The van der Waals surface area contributed by atoms with Crippen LogP contribution in [0.3, 0.4) is 0 Å². The Morgan fingerprint density at radius 2 is 1.89 bits per heavy atom. The van der Waals surface area contributed by atoms with Gasteiger partial charge in [0.2, 0.25) is 5.95 Å². The summed E-state index contributed by atoms with van der Waals surface area (Å²) in [6.45, 7) is 2.35. The molecule has 1 heterocycles. The lowest BCUT2D eigenvalue weighted by Gasteiger charge is -2.27. The highest BCUT2D eigenvalue weighted by Crippen LogP contribution is 2.26. The first-order valence-corrected chi connectivity index (χ1v) is 6.92. The first-order chi connectivity index (χ1) is 8.74. The topological polar surface area (TPSA) is 29.9 Å². The van der Waals surface area contributed by atoms with E-state index in [1.165, 1.54) is 31.2 Å². The van der Waals surface area contributed by atoms with Crippen LogP contribution in [0.1, 0.15) is 32.6 Å². The highest BCUT2D eigenvalue weighted by Gasteiger charge is 2.19. The summed E-state index contributed by atoms with van der Waals surface area (Å²) in [5, 5.41) is 3.61. The molecular formula is C15H21N3. The number of rotatable bonds is 2. The van der Waals surface area contributed by atoms with Crippen LogP contribution in [0.25, 0.3) is 11.0 Å². The Labute approximate surface area is 108 Å². The van der Waals surface area contributed by atoms with E-state index in [0.29, 0.717) is 6.04 Å². The number of aromatic nitrogens is 2. The fourth-order valence-electron chi connectivity index (χ4n) is 2.86. The number of aryl methyl sites for hydroxylation is 1. The van der Waals surface area contributed by atoms with Gasteiger partial charge in [-0.05, 0) is 43.7 Å². The van der Waals surface area contributed by atoms with Crippen molar-refractivity contribution >= 4 is 17.0 Å². The van der Waals surface area contributed by atoms with Crippen molar-refractivity contribution in [2.45, 2.75) is 38.6 Å². The Morgan fingerprint density at radius 3 is 2.61 bits per heavy atom. The number of anilines is 1. The number of benzene rings is 1. The fourth-order valence-corrected chi connectivity index (χ4v) is 2.86. The molecule has 1 aliphatic carbocycles. The number of para-hydroxylation sites is 2. The Morgan fingerprint density at radius 1 is 1.17 bits per heavy atom. The number of hydrogen-bond acceptors (Lipinski definition) is 2. The molecule has 0 atom stereocenters. The maximum atomic E-state index is 4.68. The molecule has 2 aromatic rings. The maximum absolute atomic E-state index is 4.68. The van der Waals surface area contributed by atoms with Crippen LogP contribution in [0.4, 0.5) is 5.95 Å². The van der Waals surface area contributed by atoms with Gasteiger partial charge in [-0.25, -0.2) is 4.98 Å². The molecule has 1 N–H and O–H groups in total. The number of nitrogens with one attached hydrogen (secondary N) is 1. The van der Waals surface area contributed by atoms with Crippen LogP contribution >= 0.6 is 0 Å². The fraction of sp³-hybridized carbons (Fsp3) is 0.533. The third-order valence-corrected chi connectivity index (χ3v) is 4.14. The van der Waals surface area contributed by atoms with Gasteiger partial charge in [0.25, 0.3) is 0 Å². The summed E-state index contributed by atoms with van der Waals surface area (Å²) in [6.07, 6.45) is 5.21. The molecule has 0 spiro atoms. The van der Waals surface area contributed by atoms with E-state index < -0.39 is 0 Å². The SMILES string of the molecule is CC1CCC(Nc2nc3ccccc3n2C)CC1. The Bertz CT molecular complexity index is 536. The van der Waals surface area contributed by atoms with Gasteiger partial charge in [-0.1, -0.05) is 19.1 Å². The predicted octanol–water partition coefficient (Wildman–Crippen LogP) is 3.56. The van der Waals surface area contributed by atoms with Crippen molar-refractivity contribution in [3.05, 3.63) is 24.3 Å². The molecule has 0 radical (unpaired) electrons. The zero-order valence-corrected chi connectivity index (χ0v) is 11.2. The number of nitrogens with zero attached hydrogens (tertiary/aromatic N) is 2. The van der Waals surface area contributed by atoms with Crippen molar-refractivity contribution < 1.29 is 0 Å². The van der Waals surface area contributed by atoms with Crippen LogP contribution in [0.5, 0.6) is 0 Å². The first kappa shape index (κ1) is 11.6. The largest absolute Gasteiger partial charge is 0.353 e. The molecule has 0 amide bonds. The van der Waals surface area contributed by atoms with Gasteiger partial charge in [-0.15, -0.1) is 0 Å². The summed E-state index contributed by atoms with van der Waals surface area (Å²) in [7, 11) is 2.09. The standard InChI is InChI=1S/C15H21N3/c1-11-7-9-12(10-8-11)16-15-17-13-5-3-4-6-14(13)18(15)2/h3-6,11-12H,7-10H2,1-2H3,(H,16,17). The summed E-state index contributed by atoms with van der Waals surface area (Å²) in [5.41, 5.74) is 2.27. The lowest BCUT2D eigenvalue weighted by molar-refractivity contribution is 0.360. The monoisotopic (exact) mass is 243 g/mol. The molecule has 96 valence electrons. The maximum Gasteiger partial charge on any atom is 0.203 e. The van der Waals surface area contributed by atoms with E-state index in [-0.39, 0.29) is 0 Å². The van der Waals surface area contributed by atoms with Crippen molar-refractivity contribution in [2.75, 3.05) is 5.32 Å². The molecule has 1 fully saturated rings. The quantitative estimate of drug-likeness (QED) is 0.874. The summed E-state index contributed by atoms with van der Waals surface area (Å²) >= 11 is 0. The summed E-state index contributed by atoms with van der Waals surface area (Å²) in [5.74, 6) is 1.90. The van der Waals surface area contributed by atoms with Gasteiger partial charge < -0.3 is 9.88 Å². The van der Waals surface area contributed by atoms with Crippen LogP contribution in [0, 0.1) is 5.92 Å². The first-order valence-electron chi connectivity index (χ1n) is 6.92. The molecular weight excluding hydrogens is 222 g/mol. The van der Waals surface area contributed by atoms with Crippen molar-refractivity contribution in [2.24, 2.45) is 13.0 Å². The lowest BCUT2D eigenvalue weighted by Crippen LogP contribution is -2.26. The smallest absolute Gasteiger partial charge is 0.203 e. The van der Waals surface area contributed by atoms with Gasteiger partial charge in [0.05, 0.1) is 11.0 Å². The summed E-state index contributed by atoms with van der Waals surface area (Å²) in [4.78, 5) is 4.68. The molecule has 0 bridgehead atoms. The van der Waals surface area contributed by atoms with Gasteiger partial charge in [-0.2, -0.15) is 0 Å². The van der Waals surface area contributed by atoms with Gasteiger partial charge in [0.15, 0.2) is 0 Å². The zero-order valence-electron chi connectivity index (χ0n) is 11.2. The van der Waals surface area contributed by atoms with Gasteiger partial charge in [-0.3, -0.25) is 0 Å². The van der Waals surface area contributed by atoms with Gasteiger partial charge in [0, 0.05) is 13.1 Å². The molecule has 3 heteroatoms. The number of imidazole rings is 1. The van der Waals surface area contributed by atoms with E-state index >= 15 is 0 Å². The minimum atomic E-state index is 0.594. The minimum Gasteiger partial charge on any atom is -0.353 e. The normalized spacial score (nSPS) is 24.3. The third kappa shape index (κ3) is 2.09. The van der Waals surface area contributed by atoms with Crippen molar-refractivity contribution in [3.8, 4) is 0 Å². The van der Waals surface area contributed by atoms with E-state index in [9.17, 15) is 0 Å². The number of hydrogen-bond donors (Lipinski definition) is 1.